The van der Waals surface area contributed by atoms with Gasteiger partial charge in [0.05, 0.1) is 0 Å². The van der Waals surface area contributed by atoms with Gasteiger partial charge in [0.25, 0.3) is 0 Å². The molecule has 0 atom stereocenters. The molecule has 0 aliphatic carbocycles. The van der Waals surface area contributed by atoms with Crippen molar-refractivity contribution in [2.24, 2.45) is 0 Å². The highest BCUT2D eigenvalue weighted by Gasteiger charge is 1.96. The number of phenols is 1. The quantitative estimate of drug-likeness (QED) is 0.289. The molecule has 2 heteroatoms. The summed E-state index contributed by atoms with van der Waals surface area (Å²) in [5, 5.41) is 9.23. The maximum absolute atomic E-state index is 9.23. The third-order valence-corrected chi connectivity index (χ3v) is 5.20. The smallest absolute Gasteiger partial charge is 0.115 e. The number of rotatable bonds is 14. The van der Waals surface area contributed by atoms with Crippen LogP contribution in [0, 0.1) is 0 Å². The Morgan fingerprint density at radius 1 is 0.682 bits per heavy atom. The lowest BCUT2D eigenvalue weighted by Gasteiger charge is -2.03. The molecule has 1 N–H and O–H groups in total. The largest absolute Gasteiger partial charge is 0.508 e. The molecule has 1 rings (SSSR count). The first-order valence-electron chi connectivity index (χ1n) is 9.24. The number of hydrogen-bond acceptors (Lipinski definition) is 2. The fourth-order valence-electron chi connectivity index (χ4n) is 2.68. The zero-order chi connectivity index (χ0) is 15.9. The van der Waals surface area contributed by atoms with Crippen molar-refractivity contribution < 1.29 is 5.11 Å². The van der Waals surface area contributed by atoms with Crippen molar-refractivity contribution in [2.45, 2.75) is 88.9 Å². The Hall–Kier alpha value is -0.630. The Bertz CT molecular complexity index is 347. The summed E-state index contributed by atoms with van der Waals surface area (Å²) in [7, 11) is 0. The normalized spacial score (nSPS) is 11.0. The van der Waals surface area contributed by atoms with Gasteiger partial charge in [-0.15, -0.1) is 11.8 Å². The van der Waals surface area contributed by atoms with Crippen molar-refractivity contribution in [1.29, 1.82) is 0 Å². The van der Waals surface area contributed by atoms with Crippen LogP contribution in [0.5, 0.6) is 5.75 Å². The molecule has 1 nitrogen and oxygen atoms in total. The van der Waals surface area contributed by atoms with E-state index in [2.05, 4.69) is 6.92 Å². The second kappa shape index (κ2) is 14.0. The highest BCUT2D eigenvalue weighted by Crippen LogP contribution is 2.22. The maximum Gasteiger partial charge on any atom is 0.115 e. The molecule has 0 heterocycles. The first-order chi connectivity index (χ1) is 10.8. The van der Waals surface area contributed by atoms with E-state index in [0.29, 0.717) is 5.75 Å². The molecule has 126 valence electrons. The molecule has 0 spiro atoms. The molecule has 0 amide bonds. The summed E-state index contributed by atoms with van der Waals surface area (Å²) in [6.07, 6.45) is 16.9. The van der Waals surface area contributed by atoms with Gasteiger partial charge in [-0.3, -0.25) is 0 Å². The number of aromatic hydroxyl groups is 1. The van der Waals surface area contributed by atoms with E-state index < -0.39 is 0 Å². The van der Waals surface area contributed by atoms with Crippen molar-refractivity contribution in [3.63, 3.8) is 0 Å². The molecule has 0 saturated heterocycles. The lowest BCUT2D eigenvalue weighted by molar-refractivity contribution is 0.475. The van der Waals surface area contributed by atoms with E-state index in [9.17, 15) is 5.11 Å². The topological polar surface area (TPSA) is 20.2 Å². The monoisotopic (exact) mass is 322 g/mol. The molecule has 22 heavy (non-hydrogen) atoms. The highest BCUT2D eigenvalue weighted by molar-refractivity contribution is 7.99. The predicted octanol–water partition coefficient (Wildman–Crippen LogP) is 7.19. The van der Waals surface area contributed by atoms with Gasteiger partial charge in [0, 0.05) is 4.90 Å². The van der Waals surface area contributed by atoms with E-state index in [1.165, 1.54) is 87.7 Å². The lowest BCUT2D eigenvalue weighted by Crippen LogP contribution is -1.84. The van der Waals surface area contributed by atoms with E-state index in [1.54, 1.807) is 12.1 Å². The maximum atomic E-state index is 9.23. The Morgan fingerprint density at radius 3 is 1.64 bits per heavy atom. The van der Waals surface area contributed by atoms with Crippen LogP contribution in [0.2, 0.25) is 0 Å². The average Bonchev–Trinajstić information content (AvgIpc) is 2.53. The van der Waals surface area contributed by atoms with E-state index in [0.717, 1.165) is 0 Å². The molecule has 0 fully saturated rings. The molecular formula is C20H34OS. The van der Waals surface area contributed by atoms with Crippen molar-refractivity contribution in [3.05, 3.63) is 24.3 Å². The molecule has 0 bridgehead atoms. The summed E-state index contributed by atoms with van der Waals surface area (Å²) < 4.78 is 0. The fourth-order valence-corrected chi connectivity index (χ4v) is 3.59. The Labute approximate surface area is 141 Å². The van der Waals surface area contributed by atoms with Gasteiger partial charge >= 0.3 is 0 Å². The second-order valence-corrected chi connectivity index (χ2v) is 7.40. The van der Waals surface area contributed by atoms with Crippen LogP contribution in [-0.4, -0.2) is 10.9 Å². The van der Waals surface area contributed by atoms with E-state index in [-0.39, 0.29) is 0 Å². The predicted molar refractivity (Wildman–Crippen MR) is 99.9 cm³/mol. The molecule has 0 saturated carbocycles. The van der Waals surface area contributed by atoms with Crippen molar-refractivity contribution >= 4 is 11.8 Å². The van der Waals surface area contributed by atoms with Crippen LogP contribution in [-0.2, 0) is 0 Å². The molecule has 0 radical (unpaired) electrons. The summed E-state index contributed by atoms with van der Waals surface area (Å²) in [4.78, 5) is 1.26. The number of hydrogen-bond donors (Lipinski definition) is 1. The minimum Gasteiger partial charge on any atom is -0.508 e. The van der Waals surface area contributed by atoms with Crippen LogP contribution >= 0.6 is 11.8 Å². The van der Waals surface area contributed by atoms with Gasteiger partial charge in [0.15, 0.2) is 0 Å². The zero-order valence-electron chi connectivity index (χ0n) is 14.4. The van der Waals surface area contributed by atoms with Gasteiger partial charge < -0.3 is 5.11 Å². The first-order valence-corrected chi connectivity index (χ1v) is 10.2. The average molecular weight is 323 g/mol. The van der Waals surface area contributed by atoms with Crippen LogP contribution in [0.3, 0.4) is 0 Å². The standard InChI is InChI=1S/C20H34OS/c1-2-3-4-5-6-7-8-9-10-11-12-13-18-22-20-16-14-19(21)15-17-20/h14-17,21H,2-13,18H2,1H3. The number of unbranched alkanes of at least 4 members (excludes halogenated alkanes) is 11. The molecule has 0 unspecified atom stereocenters. The summed E-state index contributed by atoms with van der Waals surface area (Å²) >= 11 is 1.90. The fraction of sp³-hybridized carbons (Fsp3) is 0.700. The first kappa shape index (κ1) is 19.4. The van der Waals surface area contributed by atoms with Gasteiger partial charge in [-0.25, -0.2) is 0 Å². The van der Waals surface area contributed by atoms with Crippen LogP contribution in [0.1, 0.15) is 84.0 Å². The van der Waals surface area contributed by atoms with E-state index >= 15 is 0 Å². The van der Waals surface area contributed by atoms with Crippen LogP contribution in [0.4, 0.5) is 0 Å². The minimum atomic E-state index is 0.356. The van der Waals surface area contributed by atoms with Gasteiger partial charge in [-0.2, -0.15) is 0 Å². The molecular weight excluding hydrogens is 288 g/mol. The van der Waals surface area contributed by atoms with Crippen molar-refractivity contribution in [3.8, 4) is 5.75 Å². The lowest BCUT2D eigenvalue weighted by atomic mass is 10.1. The molecule has 1 aromatic carbocycles. The molecule has 0 aliphatic rings. The van der Waals surface area contributed by atoms with E-state index in [1.807, 2.05) is 23.9 Å². The number of thioether (sulfide) groups is 1. The zero-order valence-corrected chi connectivity index (χ0v) is 15.2. The summed E-state index contributed by atoms with van der Waals surface area (Å²) in [6, 6.07) is 7.54. The van der Waals surface area contributed by atoms with Gasteiger partial charge in [0.2, 0.25) is 0 Å². The van der Waals surface area contributed by atoms with Crippen molar-refractivity contribution in [2.75, 3.05) is 5.75 Å². The highest BCUT2D eigenvalue weighted by atomic mass is 32.2. The molecule has 0 aliphatic heterocycles. The Morgan fingerprint density at radius 2 is 1.14 bits per heavy atom. The number of benzene rings is 1. The van der Waals surface area contributed by atoms with Crippen LogP contribution in [0.25, 0.3) is 0 Å². The SMILES string of the molecule is CCCCCCCCCCCCCCSc1ccc(O)cc1. The summed E-state index contributed by atoms with van der Waals surface area (Å²) in [5.41, 5.74) is 0. The Balaban J connectivity index is 1.79. The second-order valence-electron chi connectivity index (χ2n) is 6.23. The van der Waals surface area contributed by atoms with E-state index in [4.69, 9.17) is 0 Å². The van der Waals surface area contributed by atoms with Gasteiger partial charge in [-0.05, 0) is 36.4 Å². The van der Waals surface area contributed by atoms with Gasteiger partial charge in [-0.1, -0.05) is 77.6 Å². The van der Waals surface area contributed by atoms with Crippen LogP contribution in [0.15, 0.2) is 29.2 Å². The minimum absolute atomic E-state index is 0.356. The van der Waals surface area contributed by atoms with Crippen LogP contribution < -0.4 is 0 Å². The molecule has 0 aromatic heterocycles. The summed E-state index contributed by atoms with van der Waals surface area (Å²) in [5.74, 6) is 1.55. The number of phenolic OH excluding ortho intramolecular Hbond substituents is 1. The summed E-state index contributed by atoms with van der Waals surface area (Å²) in [6.45, 7) is 2.28. The van der Waals surface area contributed by atoms with Gasteiger partial charge in [0.1, 0.15) is 5.75 Å². The third-order valence-electron chi connectivity index (χ3n) is 4.10. The third kappa shape index (κ3) is 11.0. The molecule has 1 aromatic rings. The van der Waals surface area contributed by atoms with Crippen molar-refractivity contribution in [1.82, 2.24) is 0 Å². The Kier molecular flexibility index (Phi) is 12.4.